The van der Waals surface area contributed by atoms with Crippen LogP contribution in [0, 0.1) is 10.1 Å². The lowest BCUT2D eigenvalue weighted by Gasteiger charge is -2.31. The molecule has 38 heavy (non-hydrogen) atoms. The smallest absolute Gasteiger partial charge is 0.324 e. The van der Waals surface area contributed by atoms with E-state index in [1.165, 1.54) is 18.3 Å². The quantitative estimate of drug-likeness (QED) is 0.259. The van der Waals surface area contributed by atoms with Crippen LogP contribution in [0.2, 0.25) is 0 Å². The lowest BCUT2D eigenvalue weighted by Crippen LogP contribution is -2.40. The molecule has 198 valence electrons. The maximum absolute atomic E-state index is 13.8. The molecule has 3 aromatic heterocycles. The zero-order chi connectivity index (χ0) is 27.2. The molecule has 1 amide bonds. The van der Waals surface area contributed by atoms with E-state index in [1.54, 1.807) is 9.58 Å². The van der Waals surface area contributed by atoms with Gasteiger partial charge in [-0.05, 0) is 29.2 Å². The second-order valence-corrected chi connectivity index (χ2v) is 11.2. The molecule has 13 heteroatoms. The molecule has 10 nitrogen and oxygen atoms in total. The number of benzene rings is 1. The van der Waals surface area contributed by atoms with Crippen molar-refractivity contribution in [3.63, 3.8) is 0 Å². The molecule has 1 fully saturated rings. The lowest BCUT2D eigenvalue weighted by molar-refractivity contribution is -0.380. The van der Waals surface area contributed by atoms with Crippen molar-refractivity contribution < 1.29 is 18.5 Å². The van der Waals surface area contributed by atoms with Gasteiger partial charge >= 0.3 is 5.00 Å². The van der Waals surface area contributed by atoms with Gasteiger partial charge in [0.1, 0.15) is 5.82 Å². The minimum absolute atomic E-state index is 0.0370. The van der Waals surface area contributed by atoms with Gasteiger partial charge in [-0.3, -0.25) is 14.9 Å². The molecule has 0 unspecified atom stereocenters. The van der Waals surface area contributed by atoms with Crippen molar-refractivity contribution >= 4 is 45.0 Å². The van der Waals surface area contributed by atoms with Crippen LogP contribution < -0.4 is 10.2 Å². The molecule has 1 aromatic carbocycles. The third kappa shape index (κ3) is 5.05. The van der Waals surface area contributed by atoms with Crippen molar-refractivity contribution in [2.24, 2.45) is 0 Å². The number of nitro groups is 1. The van der Waals surface area contributed by atoms with Gasteiger partial charge in [0.2, 0.25) is 5.95 Å². The summed E-state index contributed by atoms with van der Waals surface area (Å²) in [6.45, 7) is 6.45. The number of alkyl halides is 2. The summed E-state index contributed by atoms with van der Waals surface area (Å²) in [7, 11) is 0. The van der Waals surface area contributed by atoms with Gasteiger partial charge in [-0.1, -0.05) is 44.2 Å². The molecule has 4 aromatic rings. The van der Waals surface area contributed by atoms with E-state index in [9.17, 15) is 23.7 Å². The van der Waals surface area contributed by atoms with E-state index in [1.807, 2.05) is 24.3 Å². The van der Waals surface area contributed by atoms with Gasteiger partial charge in [0.25, 0.3) is 11.8 Å². The van der Waals surface area contributed by atoms with E-state index in [0.717, 1.165) is 22.6 Å². The van der Waals surface area contributed by atoms with Gasteiger partial charge in [-0.25, -0.2) is 13.5 Å². The predicted octanol–water partition coefficient (Wildman–Crippen LogP) is 5.57. The summed E-state index contributed by atoms with van der Waals surface area (Å²) in [5.74, 6) is -3.00. The predicted molar refractivity (Wildman–Crippen MR) is 141 cm³/mol. The van der Waals surface area contributed by atoms with Crippen molar-refractivity contribution in [1.29, 1.82) is 0 Å². The van der Waals surface area contributed by atoms with Crippen molar-refractivity contribution in [3.8, 4) is 5.69 Å². The zero-order valence-electron chi connectivity index (χ0n) is 20.9. The summed E-state index contributed by atoms with van der Waals surface area (Å²) in [6, 6.07) is 10.5. The molecule has 0 spiro atoms. The van der Waals surface area contributed by atoms with Gasteiger partial charge in [-0.2, -0.15) is 15.1 Å². The van der Waals surface area contributed by atoms with Gasteiger partial charge in [0.15, 0.2) is 5.65 Å². The van der Waals surface area contributed by atoms with E-state index < -0.39 is 16.8 Å². The molecule has 0 saturated carbocycles. The van der Waals surface area contributed by atoms with Crippen LogP contribution in [-0.4, -0.2) is 49.6 Å². The number of thiophene rings is 1. The molecule has 1 aliphatic heterocycles. The monoisotopic (exact) mass is 541 g/mol. The summed E-state index contributed by atoms with van der Waals surface area (Å²) < 4.78 is 29.2. The van der Waals surface area contributed by atoms with Crippen molar-refractivity contribution in [3.05, 3.63) is 63.1 Å². The Labute approximate surface area is 220 Å². The van der Waals surface area contributed by atoms with Crippen LogP contribution in [0.3, 0.4) is 0 Å². The van der Waals surface area contributed by atoms with Crippen LogP contribution in [0.4, 0.5) is 25.5 Å². The summed E-state index contributed by atoms with van der Waals surface area (Å²) in [6.07, 6.45) is 0.860. The molecular formula is C25H25F2N7O3S. The molecular weight excluding hydrogens is 516 g/mol. The number of carbonyl (C=O) groups is 1. The van der Waals surface area contributed by atoms with Crippen LogP contribution in [0.15, 0.2) is 42.6 Å². The molecule has 0 aliphatic carbocycles. The highest BCUT2D eigenvalue weighted by Gasteiger charge is 2.35. The Balaban J connectivity index is 1.56. The Kier molecular flexibility index (Phi) is 6.33. The first-order valence-electron chi connectivity index (χ1n) is 12.0. The maximum atomic E-state index is 13.8. The van der Waals surface area contributed by atoms with E-state index in [0.29, 0.717) is 11.0 Å². The number of anilines is 2. The highest BCUT2D eigenvalue weighted by molar-refractivity contribution is 7.17. The number of aromatic nitrogens is 4. The van der Waals surface area contributed by atoms with Crippen molar-refractivity contribution in [1.82, 2.24) is 19.7 Å². The van der Waals surface area contributed by atoms with Crippen LogP contribution in [-0.2, 0) is 5.41 Å². The maximum Gasteiger partial charge on any atom is 0.324 e. The average molecular weight is 542 g/mol. The standard InChI is InChI=1S/C25H25F2N7O3S/c1-24(2,3)15-4-6-16(7-5-15)33-21-17(14-28-33)20(29-22(35)18-8-9-19(38-18)34(36)37)30-23(31-21)32-12-10-25(26,27)11-13-32/h4-9,14H,10-13H2,1-3H3,(H,29,30,31,35). The Morgan fingerprint density at radius 2 is 1.79 bits per heavy atom. The van der Waals surface area contributed by atoms with E-state index in [-0.39, 0.29) is 53.0 Å². The molecule has 0 atom stereocenters. The highest BCUT2D eigenvalue weighted by atomic mass is 32.1. The fraction of sp³-hybridized carbons (Fsp3) is 0.360. The molecule has 1 saturated heterocycles. The van der Waals surface area contributed by atoms with Gasteiger partial charge in [0.05, 0.1) is 27.1 Å². The third-order valence-corrected chi connectivity index (χ3v) is 7.44. The molecule has 1 N–H and O–H groups in total. The molecule has 0 bridgehead atoms. The molecule has 1 aliphatic rings. The number of amides is 1. The first-order chi connectivity index (χ1) is 17.9. The Morgan fingerprint density at radius 3 is 2.39 bits per heavy atom. The number of hydrogen-bond donors (Lipinski definition) is 1. The number of rotatable bonds is 5. The topological polar surface area (TPSA) is 119 Å². The van der Waals surface area contributed by atoms with Crippen LogP contribution >= 0.6 is 11.3 Å². The summed E-state index contributed by atoms with van der Waals surface area (Å²) in [5.41, 5.74) is 2.22. The average Bonchev–Trinajstić information content (AvgIpc) is 3.52. The van der Waals surface area contributed by atoms with E-state index in [2.05, 4.69) is 41.2 Å². The Bertz CT molecular complexity index is 1520. The number of fused-ring (bicyclic) bond motifs is 1. The number of piperidine rings is 1. The number of hydrogen-bond acceptors (Lipinski definition) is 8. The van der Waals surface area contributed by atoms with E-state index in [4.69, 9.17) is 0 Å². The van der Waals surface area contributed by atoms with Crippen molar-refractivity contribution in [2.75, 3.05) is 23.3 Å². The van der Waals surface area contributed by atoms with Crippen LogP contribution in [0.25, 0.3) is 16.7 Å². The second kappa shape index (κ2) is 9.39. The fourth-order valence-corrected chi connectivity index (χ4v) is 4.89. The zero-order valence-corrected chi connectivity index (χ0v) is 21.8. The summed E-state index contributed by atoms with van der Waals surface area (Å²) in [5, 5.41) is 18.5. The number of nitrogens with zero attached hydrogens (tertiary/aromatic N) is 6. The second-order valence-electron chi connectivity index (χ2n) is 10.2. The first-order valence-corrected chi connectivity index (χ1v) is 12.8. The van der Waals surface area contributed by atoms with Crippen molar-refractivity contribution in [2.45, 2.75) is 45.0 Å². The third-order valence-electron chi connectivity index (χ3n) is 6.40. The number of halogens is 2. The molecule has 4 heterocycles. The number of carbonyl (C=O) groups excluding carboxylic acids is 1. The van der Waals surface area contributed by atoms with E-state index >= 15 is 0 Å². The first kappa shape index (κ1) is 25.6. The SMILES string of the molecule is CC(C)(C)c1ccc(-n2ncc3c(NC(=O)c4ccc([N+](=O)[O-])s4)nc(N4CCC(F)(F)CC4)nc32)cc1. The molecule has 5 rings (SSSR count). The summed E-state index contributed by atoms with van der Waals surface area (Å²) in [4.78, 5) is 34.4. The van der Waals surface area contributed by atoms with Crippen LogP contribution in [0.1, 0.15) is 48.8 Å². The van der Waals surface area contributed by atoms with Gasteiger partial charge < -0.3 is 10.2 Å². The fourth-order valence-electron chi connectivity index (χ4n) is 4.18. The molecule has 0 radical (unpaired) electrons. The lowest BCUT2D eigenvalue weighted by atomic mass is 9.87. The van der Waals surface area contributed by atoms with Gasteiger partial charge in [0, 0.05) is 32.0 Å². The summed E-state index contributed by atoms with van der Waals surface area (Å²) >= 11 is 0.742. The minimum atomic E-state index is -2.75. The number of nitrogens with one attached hydrogen (secondary N) is 1. The largest absolute Gasteiger partial charge is 0.340 e. The van der Waals surface area contributed by atoms with Crippen LogP contribution in [0.5, 0.6) is 0 Å². The Hall–Kier alpha value is -4.00. The Morgan fingerprint density at radius 1 is 1.11 bits per heavy atom. The minimum Gasteiger partial charge on any atom is -0.340 e. The van der Waals surface area contributed by atoms with Gasteiger partial charge in [-0.15, -0.1) is 0 Å². The highest BCUT2D eigenvalue weighted by Crippen LogP contribution is 2.33. The normalized spacial score (nSPS) is 15.6.